The number of aromatic amines is 1. The van der Waals surface area contributed by atoms with Crippen molar-refractivity contribution in [2.24, 2.45) is 5.73 Å². The summed E-state index contributed by atoms with van der Waals surface area (Å²) in [6.45, 7) is 0. The number of nitrogens with one attached hydrogen (secondary N) is 1. The van der Waals surface area contributed by atoms with Crippen LogP contribution in [0.2, 0.25) is 5.02 Å². The third-order valence-corrected chi connectivity index (χ3v) is 3.11. The van der Waals surface area contributed by atoms with Gasteiger partial charge in [0, 0.05) is 24.1 Å². The molecule has 2 rings (SSSR count). The van der Waals surface area contributed by atoms with Gasteiger partial charge in [0.15, 0.2) is 0 Å². The SMILES string of the molecule is NC(Cc1c[nH]c2c([N+](=O)[O-])ccc(Cl)c12)C(=O)O. The Morgan fingerprint density at radius 2 is 2.26 bits per heavy atom. The number of halogens is 1. The van der Waals surface area contributed by atoms with Crippen LogP contribution in [0.4, 0.5) is 5.69 Å². The number of non-ortho nitro benzene ring substituents is 1. The summed E-state index contributed by atoms with van der Waals surface area (Å²) in [7, 11) is 0. The maximum absolute atomic E-state index is 10.9. The van der Waals surface area contributed by atoms with Gasteiger partial charge in [-0.15, -0.1) is 0 Å². The van der Waals surface area contributed by atoms with Gasteiger partial charge in [-0.25, -0.2) is 0 Å². The van der Waals surface area contributed by atoms with Gasteiger partial charge in [-0.05, 0) is 11.6 Å². The van der Waals surface area contributed by atoms with E-state index in [-0.39, 0.29) is 17.6 Å². The molecule has 0 radical (unpaired) electrons. The summed E-state index contributed by atoms with van der Waals surface area (Å²) >= 11 is 6.01. The number of aliphatic carboxylic acids is 1. The molecule has 0 aliphatic carbocycles. The number of nitro benzene ring substituents is 1. The van der Waals surface area contributed by atoms with E-state index in [1.165, 1.54) is 18.3 Å². The number of hydrogen-bond acceptors (Lipinski definition) is 4. The highest BCUT2D eigenvalue weighted by atomic mass is 35.5. The Hall–Kier alpha value is -2.12. The number of rotatable bonds is 4. The summed E-state index contributed by atoms with van der Waals surface area (Å²) in [6, 6.07) is 1.61. The van der Waals surface area contributed by atoms with Crippen LogP contribution >= 0.6 is 11.6 Å². The van der Waals surface area contributed by atoms with Crippen LogP contribution < -0.4 is 5.73 Å². The molecule has 1 aromatic heterocycles. The number of aromatic nitrogens is 1. The van der Waals surface area contributed by atoms with Gasteiger partial charge in [-0.2, -0.15) is 0 Å². The molecule has 0 saturated heterocycles. The molecule has 0 aliphatic rings. The summed E-state index contributed by atoms with van der Waals surface area (Å²) in [6.07, 6.45) is 1.53. The number of fused-ring (bicyclic) bond motifs is 1. The van der Waals surface area contributed by atoms with E-state index in [2.05, 4.69) is 4.98 Å². The number of carboxylic acid groups (broad SMARTS) is 1. The van der Waals surface area contributed by atoms with Gasteiger partial charge in [-0.3, -0.25) is 14.9 Å². The molecule has 0 saturated carbocycles. The average molecular weight is 284 g/mol. The second-order valence-corrected chi connectivity index (χ2v) is 4.44. The normalized spacial score (nSPS) is 12.5. The fourth-order valence-corrected chi connectivity index (χ4v) is 2.17. The van der Waals surface area contributed by atoms with Crippen LogP contribution in [-0.2, 0) is 11.2 Å². The van der Waals surface area contributed by atoms with E-state index in [1.807, 2.05) is 0 Å². The molecular formula is C11H10ClN3O4. The Kier molecular flexibility index (Phi) is 3.41. The van der Waals surface area contributed by atoms with Crippen molar-refractivity contribution in [1.82, 2.24) is 4.98 Å². The summed E-state index contributed by atoms with van der Waals surface area (Å²) in [5, 5.41) is 20.4. The van der Waals surface area contributed by atoms with Gasteiger partial charge in [0.2, 0.25) is 0 Å². The first-order chi connectivity index (χ1) is 8.91. The average Bonchev–Trinajstić information content (AvgIpc) is 2.73. The quantitative estimate of drug-likeness (QED) is 0.582. The van der Waals surface area contributed by atoms with Crippen molar-refractivity contribution < 1.29 is 14.8 Å². The third-order valence-electron chi connectivity index (χ3n) is 2.80. The molecule has 1 unspecified atom stereocenters. The van der Waals surface area contributed by atoms with Crippen molar-refractivity contribution >= 4 is 34.2 Å². The van der Waals surface area contributed by atoms with Crippen LogP contribution in [0.25, 0.3) is 10.9 Å². The Labute approximate surface area is 112 Å². The molecule has 4 N–H and O–H groups in total. The van der Waals surface area contributed by atoms with Crippen molar-refractivity contribution in [3.63, 3.8) is 0 Å². The van der Waals surface area contributed by atoms with Crippen LogP contribution in [0.15, 0.2) is 18.3 Å². The lowest BCUT2D eigenvalue weighted by Crippen LogP contribution is -2.32. The second kappa shape index (κ2) is 4.87. The topological polar surface area (TPSA) is 122 Å². The summed E-state index contributed by atoms with van der Waals surface area (Å²) in [5.41, 5.74) is 6.15. The number of carbonyl (C=O) groups is 1. The van der Waals surface area contributed by atoms with Crippen LogP contribution in [-0.4, -0.2) is 27.0 Å². The van der Waals surface area contributed by atoms with Crippen molar-refractivity contribution in [2.45, 2.75) is 12.5 Å². The zero-order valence-electron chi connectivity index (χ0n) is 9.59. The van der Waals surface area contributed by atoms with E-state index in [4.69, 9.17) is 22.4 Å². The maximum atomic E-state index is 10.9. The Balaban J connectivity index is 2.56. The molecule has 1 aromatic carbocycles. The molecule has 0 spiro atoms. The first-order valence-corrected chi connectivity index (χ1v) is 5.71. The van der Waals surface area contributed by atoms with Crippen molar-refractivity contribution in [1.29, 1.82) is 0 Å². The van der Waals surface area contributed by atoms with Crippen LogP contribution in [0.1, 0.15) is 5.56 Å². The molecule has 2 aromatic rings. The van der Waals surface area contributed by atoms with Crippen LogP contribution in [0.5, 0.6) is 0 Å². The van der Waals surface area contributed by atoms with Crippen molar-refractivity contribution in [3.05, 3.63) is 39.0 Å². The minimum Gasteiger partial charge on any atom is -0.480 e. The summed E-state index contributed by atoms with van der Waals surface area (Å²) in [5.74, 6) is -1.14. The number of nitrogens with zero attached hydrogens (tertiary/aromatic N) is 1. The summed E-state index contributed by atoms with van der Waals surface area (Å²) < 4.78 is 0. The van der Waals surface area contributed by atoms with E-state index in [0.717, 1.165) is 0 Å². The zero-order chi connectivity index (χ0) is 14.2. The highest BCUT2D eigenvalue weighted by molar-refractivity contribution is 6.36. The van der Waals surface area contributed by atoms with E-state index >= 15 is 0 Å². The Morgan fingerprint density at radius 1 is 1.58 bits per heavy atom. The van der Waals surface area contributed by atoms with Gasteiger partial charge in [0.25, 0.3) is 5.69 Å². The lowest BCUT2D eigenvalue weighted by molar-refractivity contribution is -0.383. The fourth-order valence-electron chi connectivity index (χ4n) is 1.90. The fraction of sp³-hybridized carbons (Fsp3) is 0.182. The summed E-state index contributed by atoms with van der Waals surface area (Å²) in [4.78, 5) is 23.9. The van der Waals surface area contributed by atoms with Crippen molar-refractivity contribution in [2.75, 3.05) is 0 Å². The number of carboxylic acids is 1. The monoisotopic (exact) mass is 283 g/mol. The largest absolute Gasteiger partial charge is 0.480 e. The van der Waals surface area contributed by atoms with Crippen molar-refractivity contribution in [3.8, 4) is 0 Å². The van der Waals surface area contributed by atoms with Crippen LogP contribution in [0.3, 0.4) is 0 Å². The number of benzene rings is 1. The van der Waals surface area contributed by atoms with Crippen LogP contribution in [0, 0.1) is 10.1 Å². The minimum atomic E-state index is -1.14. The van der Waals surface area contributed by atoms with E-state index in [0.29, 0.717) is 16.0 Å². The molecule has 1 heterocycles. The maximum Gasteiger partial charge on any atom is 0.320 e. The molecule has 0 fully saturated rings. The third kappa shape index (κ3) is 2.38. The Morgan fingerprint density at radius 3 is 2.84 bits per heavy atom. The molecule has 19 heavy (non-hydrogen) atoms. The molecule has 8 heteroatoms. The molecule has 0 bridgehead atoms. The highest BCUT2D eigenvalue weighted by Gasteiger charge is 2.21. The van der Waals surface area contributed by atoms with Gasteiger partial charge < -0.3 is 15.8 Å². The lowest BCUT2D eigenvalue weighted by Gasteiger charge is -2.05. The molecule has 1 atom stereocenters. The van der Waals surface area contributed by atoms with E-state index in [9.17, 15) is 14.9 Å². The molecule has 100 valence electrons. The second-order valence-electron chi connectivity index (χ2n) is 4.04. The molecule has 7 nitrogen and oxygen atoms in total. The molecular weight excluding hydrogens is 274 g/mol. The number of nitro groups is 1. The molecule has 0 aliphatic heterocycles. The van der Waals surface area contributed by atoms with Gasteiger partial charge in [-0.1, -0.05) is 11.6 Å². The van der Waals surface area contributed by atoms with Gasteiger partial charge in [0.1, 0.15) is 11.6 Å². The predicted octanol–water partition coefficient (Wildman–Crippen LogP) is 1.68. The lowest BCUT2D eigenvalue weighted by atomic mass is 10.1. The first-order valence-electron chi connectivity index (χ1n) is 5.33. The number of hydrogen-bond donors (Lipinski definition) is 3. The van der Waals surface area contributed by atoms with E-state index < -0.39 is 16.9 Å². The number of nitrogens with two attached hydrogens (primary N) is 1. The van der Waals surface area contributed by atoms with E-state index in [1.54, 1.807) is 0 Å². The Bertz CT molecular complexity index is 667. The predicted molar refractivity (Wildman–Crippen MR) is 69.3 cm³/mol. The number of H-pyrrole nitrogens is 1. The molecule has 0 amide bonds. The standard InChI is InChI=1S/C11H10ClN3O4/c12-6-1-2-8(15(18)19)10-9(6)5(4-14-10)3-7(13)11(16)17/h1-2,4,7,14H,3,13H2,(H,16,17). The van der Waals surface area contributed by atoms with Gasteiger partial charge >= 0.3 is 5.97 Å². The smallest absolute Gasteiger partial charge is 0.320 e. The first kappa shape index (κ1) is 13.3. The minimum absolute atomic E-state index is 0.0379. The van der Waals surface area contributed by atoms with Gasteiger partial charge in [0.05, 0.1) is 9.95 Å². The highest BCUT2D eigenvalue weighted by Crippen LogP contribution is 2.33. The zero-order valence-corrected chi connectivity index (χ0v) is 10.3.